The van der Waals surface area contributed by atoms with E-state index in [4.69, 9.17) is 20.9 Å². The van der Waals surface area contributed by atoms with E-state index in [0.717, 1.165) is 13.1 Å². The number of hydrogen-bond acceptors (Lipinski definition) is 6. The van der Waals surface area contributed by atoms with Crippen LogP contribution in [0.1, 0.15) is 18.7 Å². The van der Waals surface area contributed by atoms with Crippen molar-refractivity contribution in [1.29, 1.82) is 0 Å². The number of piperidine rings is 1. The first-order chi connectivity index (χ1) is 17.5. The molecule has 0 aliphatic carbocycles. The van der Waals surface area contributed by atoms with Gasteiger partial charge in [-0.3, -0.25) is 9.69 Å². The summed E-state index contributed by atoms with van der Waals surface area (Å²) in [5.74, 6) is 1.60. The lowest BCUT2D eigenvalue weighted by Gasteiger charge is -2.30. The number of aromatic nitrogens is 2. The number of ether oxygens (including phenoxy) is 1. The number of benzene rings is 3. The summed E-state index contributed by atoms with van der Waals surface area (Å²) in [7, 11) is 0. The van der Waals surface area contributed by atoms with Crippen LogP contribution in [0.25, 0.3) is 11.4 Å². The van der Waals surface area contributed by atoms with Gasteiger partial charge in [-0.25, -0.2) is 4.39 Å². The Kier molecular flexibility index (Phi) is 7.25. The molecule has 7 nitrogen and oxygen atoms in total. The molecular weight excluding hydrogens is 483 g/mol. The Hall–Kier alpha value is -3.75. The topological polar surface area (TPSA) is 80.5 Å². The monoisotopic (exact) mass is 506 g/mol. The Morgan fingerprint density at radius 1 is 1.08 bits per heavy atom. The van der Waals surface area contributed by atoms with Crippen LogP contribution in [-0.4, -0.2) is 34.0 Å². The molecule has 1 N–H and O–H groups in total. The van der Waals surface area contributed by atoms with Gasteiger partial charge in [-0.1, -0.05) is 35.0 Å². The summed E-state index contributed by atoms with van der Waals surface area (Å²) in [6, 6.07) is 20.5. The third kappa shape index (κ3) is 5.90. The normalized spacial score (nSPS) is 14.5. The molecular formula is C27H24ClFN4O3. The number of rotatable bonds is 7. The molecule has 36 heavy (non-hydrogen) atoms. The van der Waals surface area contributed by atoms with Gasteiger partial charge >= 0.3 is 0 Å². The molecule has 3 aromatic carbocycles. The molecule has 0 radical (unpaired) electrons. The number of carbonyl (C=O) groups is 1. The number of likely N-dealkylation sites (tertiary alicyclic amines) is 1. The largest absolute Gasteiger partial charge is 0.455 e. The Labute approximate surface area is 212 Å². The zero-order chi connectivity index (χ0) is 24.9. The van der Waals surface area contributed by atoms with Crippen molar-refractivity contribution in [2.45, 2.75) is 19.4 Å². The van der Waals surface area contributed by atoms with Crippen LogP contribution in [0.5, 0.6) is 11.5 Å². The lowest BCUT2D eigenvalue weighted by Crippen LogP contribution is -2.37. The van der Waals surface area contributed by atoms with E-state index in [0.29, 0.717) is 58.9 Å². The highest BCUT2D eigenvalue weighted by Crippen LogP contribution is 2.33. The molecule has 0 saturated carbocycles. The summed E-state index contributed by atoms with van der Waals surface area (Å²) >= 11 is 6.18. The van der Waals surface area contributed by atoms with E-state index in [1.807, 2.05) is 30.3 Å². The Morgan fingerprint density at radius 3 is 2.58 bits per heavy atom. The second-order valence-electron chi connectivity index (χ2n) is 8.61. The summed E-state index contributed by atoms with van der Waals surface area (Å²) in [5, 5.41) is 7.51. The van der Waals surface area contributed by atoms with Gasteiger partial charge in [0.15, 0.2) is 5.75 Å². The third-order valence-electron chi connectivity index (χ3n) is 6.06. The van der Waals surface area contributed by atoms with Crippen LogP contribution < -0.4 is 10.1 Å². The Morgan fingerprint density at radius 2 is 1.83 bits per heavy atom. The van der Waals surface area contributed by atoms with E-state index in [9.17, 15) is 9.18 Å². The average Bonchev–Trinajstić information content (AvgIpc) is 3.35. The van der Waals surface area contributed by atoms with E-state index in [-0.39, 0.29) is 17.6 Å². The molecule has 9 heteroatoms. The highest BCUT2D eigenvalue weighted by Gasteiger charge is 2.27. The predicted molar refractivity (Wildman–Crippen MR) is 134 cm³/mol. The second kappa shape index (κ2) is 10.9. The van der Waals surface area contributed by atoms with Crippen LogP contribution in [-0.2, 0) is 11.3 Å². The summed E-state index contributed by atoms with van der Waals surface area (Å²) in [5.41, 5.74) is 1.23. The van der Waals surface area contributed by atoms with Crippen molar-refractivity contribution in [3.8, 4) is 22.9 Å². The first-order valence-corrected chi connectivity index (χ1v) is 12.1. The molecule has 1 saturated heterocycles. The number of nitrogens with one attached hydrogen (secondary N) is 1. The van der Waals surface area contributed by atoms with Crippen LogP contribution >= 0.6 is 11.6 Å². The quantitative estimate of drug-likeness (QED) is 0.323. The summed E-state index contributed by atoms with van der Waals surface area (Å²) in [6.07, 6.45) is 1.39. The molecule has 0 spiro atoms. The molecule has 1 aromatic heterocycles. The second-order valence-corrected chi connectivity index (χ2v) is 9.05. The minimum Gasteiger partial charge on any atom is -0.455 e. The van der Waals surface area contributed by atoms with Crippen molar-refractivity contribution >= 4 is 23.2 Å². The molecule has 4 aromatic rings. The fourth-order valence-corrected chi connectivity index (χ4v) is 4.29. The van der Waals surface area contributed by atoms with Crippen molar-refractivity contribution < 1.29 is 18.4 Å². The molecule has 184 valence electrons. The van der Waals surface area contributed by atoms with Gasteiger partial charge < -0.3 is 14.6 Å². The smallest absolute Gasteiger partial charge is 0.241 e. The predicted octanol–water partition coefficient (Wildman–Crippen LogP) is 6.17. The van der Waals surface area contributed by atoms with Gasteiger partial charge in [-0.15, -0.1) is 0 Å². The summed E-state index contributed by atoms with van der Waals surface area (Å²) in [6.45, 7) is 1.93. The number of para-hydroxylation sites is 1. The van der Waals surface area contributed by atoms with E-state index in [1.54, 1.807) is 30.3 Å². The van der Waals surface area contributed by atoms with E-state index >= 15 is 0 Å². The lowest BCUT2D eigenvalue weighted by molar-refractivity contribution is -0.121. The molecule has 0 bridgehead atoms. The summed E-state index contributed by atoms with van der Waals surface area (Å²) < 4.78 is 24.5. The maximum absolute atomic E-state index is 13.1. The van der Waals surface area contributed by atoms with Crippen molar-refractivity contribution in [3.63, 3.8) is 0 Å². The Balaban J connectivity index is 1.16. The fraction of sp³-hybridized carbons (Fsp3) is 0.222. The number of carbonyl (C=O) groups excluding carboxylic acids is 1. The van der Waals surface area contributed by atoms with Crippen molar-refractivity contribution in [1.82, 2.24) is 15.0 Å². The third-order valence-corrected chi connectivity index (χ3v) is 6.29. The first-order valence-electron chi connectivity index (χ1n) is 11.7. The SMILES string of the molecule is O=C(Nc1cc(Cl)ccc1Oc1ccccc1)C1CCN(Cc2nc(-c3ccc(F)cc3)no2)CC1. The van der Waals surface area contributed by atoms with Crippen molar-refractivity contribution in [3.05, 3.63) is 89.5 Å². The van der Waals surface area contributed by atoms with E-state index in [1.165, 1.54) is 12.1 Å². The number of amides is 1. The van der Waals surface area contributed by atoms with Gasteiger partial charge in [-0.05, 0) is 80.5 Å². The molecule has 0 atom stereocenters. The molecule has 1 fully saturated rings. The van der Waals surface area contributed by atoms with E-state index < -0.39 is 0 Å². The van der Waals surface area contributed by atoms with Crippen molar-refractivity contribution in [2.24, 2.45) is 5.92 Å². The number of nitrogens with zero attached hydrogens (tertiary/aromatic N) is 3. The first kappa shape index (κ1) is 24.0. The fourth-order valence-electron chi connectivity index (χ4n) is 4.12. The van der Waals surface area contributed by atoms with Gasteiger partial charge in [-0.2, -0.15) is 4.98 Å². The zero-order valence-corrected chi connectivity index (χ0v) is 20.1. The van der Waals surface area contributed by atoms with Gasteiger partial charge in [0.1, 0.15) is 11.6 Å². The van der Waals surface area contributed by atoms with Crippen LogP contribution in [0.15, 0.2) is 77.3 Å². The molecule has 5 rings (SSSR count). The molecule has 1 aliphatic rings. The van der Waals surface area contributed by atoms with Crippen LogP contribution in [0.4, 0.5) is 10.1 Å². The molecule has 1 aliphatic heterocycles. The van der Waals surface area contributed by atoms with Crippen LogP contribution in [0.3, 0.4) is 0 Å². The minimum absolute atomic E-state index is 0.0637. The zero-order valence-electron chi connectivity index (χ0n) is 19.4. The number of anilines is 1. The highest BCUT2D eigenvalue weighted by atomic mass is 35.5. The van der Waals surface area contributed by atoms with Gasteiger partial charge in [0, 0.05) is 16.5 Å². The van der Waals surface area contributed by atoms with Crippen LogP contribution in [0, 0.1) is 11.7 Å². The minimum atomic E-state index is -0.315. The van der Waals surface area contributed by atoms with Crippen LogP contribution in [0.2, 0.25) is 5.02 Å². The Bertz CT molecular complexity index is 1320. The van der Waals surface area contributed by atoms with Gasteiger partial charge in [0.2, 0.25) is 17.6 Å². The summed E-state index contributed by atoms with van der Waals surface area (Å²) in [4.78, 5) is 19.6. The van der Waals surface area contributed by atoms with Crippen molar-refractivity contribution in [2.75, 3.05) is 18.4 Å². The number of halogens is 2. The average molecular weight is 507 g/mol. The maximum atomic E-state index is 13.1. The van der Waals surface area contributed by atoms with E-state index in [2.05, 4.69) is 20.4 Å². The highest BCUT2D eigenvalue weighted by molar-refractivity contribution is 6.31. The molecule has 1 amide bonds. The maximum Gasteiger partial charge on any atom is 0.241 e. The van der Waals surface area contributed by atoms with Gasteiger partial charge in [0.25, 0.3) is 0 Å². The molecule has 2 heterocycles. The lowest BCUT2D eigenvalue weighted by atomic mass is 9.96. The standard InChI is InChI=1S/C27H24ClFN4O3/c28-20-8-11-24(35-22-4-2-1-3-5-22)23(16-20)30-27(34)19-12-14-33(15-13-19)17-25-31-26(32-36-25)18-6-9-21(29)10-7-18/h1-11,16,19H,12-15,17H2,(H,30,34). The number of hydrogen-bond donors (Lipinski definition) is 1. The molecule has 0 unspecified atom stereocenters. The van der Waals surface area contributed by atoms with Gasteiger partial charge in [0.05, 0.1) is 12.2 Å².